The molecule has 0 radical (unpaired) electrons. The lowest BCUT2D eigenvalue weighted by molar-refractivity contribution is 0.0902. The van der Waals surface area contributed by atoms with E-state index in [1.165, 1.54) is 17.5 Å². The number of nitrogens with one attached hydrogen (secondary N) is 1. The Morgan fingerprint density at radius 3 is 2.77 bits per heavy atom. The van der Waals surface area contributed by atoms with Gasteiger partial charge in [0.25, 0.3) is 5.56 Å². The molecule has 1 N–H and O–H groups in total. The number of benzene rings is 2. The lowest BCUT2D eigenvalue weighted by Gasteiger charge is -2.26. The van der Waals surface area contributed by atoms with Crippen LogP contribution in [-0.2, 0) is 25.9 Å². The normalized spacial score (nSPS) is 17.1. The van der Waals surface area contributed by atoms with Crippen molar-refractivity contribution in [2.75, 3.05) is 13.2 Å². The zero-order valence-electron chi connectivity index (χ0n) is 17.0. The summed E-state index contributed by atoms with van der Waals surface area (Å²) in [5.74, 6) is 1.55. The third-order valence-electron chi connectivity index (χ3n) is 5.95. The fourth-order valence-corrected chi connectivity index (χ4v) is 4.48. The molecular weight excluding hydrogens is 376 g/mol. The number of fused-ring (bicyclic) bond motifs is 3. The summed E-state index contributed by atoms with van der Waals surface area (Å²) in [4.78, 5) is 13.1. The number of ether oxygens (including phenoxy) is 2. The molecule has 0 unspecified atom stereocenters. The van der Waals surface area contributed by atoms with Gasteiger partial charge in [0.1, 0.15) is 12.7 Å². The lowest BCUT2D eigenvalue weighted by atomic mass is 10.0. The number of rotatable bonds is 6. The molecule has 5 nitrogen and oxygen atoms in total. The maximum absolute atomic E-state index is 13.1. The Morgan fingerprint density at radius 1 is 1.13 bits per heavy atom. The van der Waals surface area contributed by atoms with E-state index in [1.807, 2.05) is 34.9 Å². The Morgan fingerprint density at radius 2 is 1.93 bits per heavy atom. The van der Waals surface area contributed by atoms with Gasteiger partial charge in [0.15, 0.2) is 11.5 Å². The number of hydrogen-bond acceptors (Lipinski definition) is 4. The van der Waals surface area contributed by atoms with E-state index in [2.05, 4.69) is 24.0 Å². The third kappa shape index (κ3) is 3.50. The van der Waals surface area contributed by atoms with Crippen LogP contribution < -0.4 is 20.3 Å². The summed E-state index contributed by atoms with van der Waals surface area (Å²) in [6, 6.07) is 14.2. The highest BCUT2D eigenvalue weighted by Crippen LogP contribution is 2.31. The Hall–Kier alpha value is -3.05. The summed E-state index contributed by atoms with van der Waals surface area (Å²) in [6.45, 7) is 5.95. The van der Waals surface area contributed by atoms with Crippen LogP contribution in [0.4, 0.5) is 0 Å². The first kappa shape index (κ1) is 18.9. The Labute approximate surface area is 175 Å². The standard InChI is InChI=1S/C25H26N2O3/c1-2-10-27-22-13-18-7-5-6-17(18)11-19(22)12-20(25(27)28)14-26-15-21-16-29-23-8-3-4-9-24(23)30-21/h2-4,8-9,11-13,21,26H,1,5-7,10,14-16H2/t21-/m0/s1. The van der Waals surface area contributed by atoms with Gasteiger partial charge in [-0.25, -0.2) is 0 Å². The first-order valence-electron chi connectivity index (χ1n) is 10.6. The molecule has 1 aliphatic heterocycles. The molecule has 2 aromatic carbocycles. The SMILES string of the molecule is C=CCn1c(=O)c(CNC[C@H]2COc3ccccc3O2)cc2cc3c(cc21)CCC3. The average molecular weight is 402 g/mol. The molecule has 30 heavy (non-hydrogen) atoms. The van der Waals surface area contributed by atoms with Gasteiger partial charge in [0.05, 0.1) is 5.52 Å². The molecule has 2 heterocycles. The highest BCUT2D eigenvalue weighted by molar-refractivity contribution is 5.82. The molecule has 154 valence electrons. The molecule has 0 saturated heterocycles. The van der Waals surface area contributed by atoms with Gasteiger partial charge in [-0.1, -0.05) is 18.2 Å². The number of hydrogen-bond donors (Lipinski definition) is 1. The minimum absolute atomic E-state index is 0.0407. The van der Waals surface area contributed by atoms with Gasteiger partial charge in [0, 0.05) is 25.2 Å². The molecule has 0 amide bonds. The topological polar surface area (TPSA) is 52.5 Å². The lowest BCUT2D eigenvalue weighted by Crippen LogP contribution is -2.39. The second-order valence-corrected chi connectivity index (χ2v) is 8.04. The van der Waals surface area contributed by atoms with Gasteiger partial charge < -0.3 is 19.4 Å². The summed E-state index contributed by atoms with van der Waals surface area (Å²) in [6.07, 6.45) is 5.12. The van der Waals surface area contributed by atoms with E-state index < -0.39 is 0 Å². The molecule has 0 fully saturated rings. The van der Waals surface area contributed by atoms with Crippen molar-refractivity contribution in [2.24, 2.45) is 0 Å². The Bertz CT molecular complexity index is 1170. The van der Waals surface area contributed by atoms with Crippen LogP contribution in [0, 0.1) is 0 Å². The number of pyridine rings is 1. The summed E-state index contributed by atoms with van der Waals surface area (Å²) in [5.41, 5.74) is 4.60. The van der Waals surface area contributed by atoms with Crippen molar-refractivity contribution in [2.45, 2.75) is 38.5 Å². The van der Waals surface area contributed by atoms with Gasteiger partial charge in [-0.05, 0) is 66.1 Å². The van der Waals surface area contributed by atoms with Crippen LogP contribution in [0.3, 0.4) is 0 Å². The van der Waals surface area contributed by atoms with Crippen molar-refractivity contribution in [3.8, 4) is 11.5 Å². The highest BCUT2D eigenvalue weighted by atomic mass is 16.6. The van der Waals surface area contributed by atoms with Crippen molar-refractivity contribution in [3.63, 3.8) is 0 Å². The van der Waals surface area contributed by atoms with Gasteiger partial charge in [0.2, 0.25) is 0 Å². The quantitative estimate of drug-likeness (QED) is 0.640. The maximum Gasteiger partial charge on any atom is 0.255 e. The highest BCUT2D eigenvalue weighted by Gasteiger charge is 2.20. The molecule has 1 aliphatic carbocycles. The first-order chi connectivity index (χ1) is 14.7. The fourth-order valence-electron chi connectivity index (χ4n) is 4.48. The van der Waals surface area contributed by atoms with Crippen molar-refractivity contribution < 1.29 is 9.47 Å². The van der Waals surface area contributed by atoms with E-state index in [0.717, 1.165) is 40.8 Å². The van der Waals surface area contributed by atoms with E-state index in [4.69, 9.17) is 9.47 Å². The van der Waals surface area contributed by atoms with E-state index in [9.17, 15) is 4.79 Å². The molecule has 2 aliphatic rings. The molecule has 5 rings (SSSR count). The molecule has 1 aromatic heterocycles. The van der Waals surface area contributed by atoms with Crippen LogP contribution in [0.15, 0.2) is 59.9 Å². The Kier molecular flexibility index (Phi) is 5.05. The third-order valence-corrected chi connectivity index (χ3v) is 5.95. The number of nitrogens with zero attached hydrogens (tertiary/aromatic N) is 1. The zero-order chi connectivity index (χ0) is 20.5. The minimum Gasteiger partial charge on any atom is -0.486 e. The second kappa shape index (κ2) is 8.00. The van der Waals surface area contributed by atoms with Gasteiger partial charge in [-0.3, -0.25) is 4.79 Å². The van der Waals surface area contributed by atoms with Crippen LogP contribution in [0.25, 0.3) is 10.9 Å². The molecule has 0 spiro atoms. The van der Waals surface area contributed by atoms with Gasteiger partial charge in [-0.15, -0.1) is 6.58 Å². The van der Waals surface area contributed by atoms with E-state index in [1.54, 1.807) is 6.08 Å². The molecule has 3 aromatic rings. The van der Waals surface area contributed by atoms with Crippen molar-refractivity contribution in [1.29, 1.82) is 0 Å². The van der Waals surface area contributed by atoms with Gasteiger partial charge >= 0.3 is 0 Å². The smallest absolute Gasteiger partial charge is 0.255 e. The number of aryl methyl sites for hydroxylation is 2. The number of aromatic nitrogens is 1. The van der Waals surface area contributed by atoms with E-state index in [0.29, 0.717) is 26.2 Å². The average Bonchev–Trinajstić information content (AvgIpc) is 3.22. The number of para-hydroxylation sites is 2. The molecule has 0 bridgehead atoms. The molecular formula is C25H26N2O3. The maximum atomic E-state index is 13.1. The van der Waals surface area contributed by atoms with Crippen LogP contribution >= 0.6 is 0 Å². The van der Waals surface area contributed by atoms with Crippen LogP contribution in [0.1, 0.15) is 23.1 Å². The Balaban J connectivity index is 1.35. The molecule has 1 atom stereocenters. The second-order valence-electron chi connectivity index (χ2n) is 8.04. The molecule has 5 heteroatoms. The zero-order valence-corrected chi connectivity index (χ0v) is 17.0. The van der Waals surface area contributed by atoms with Crippen LogP contribution in [0.2, 0.25) is 0 Å². The van der Waals surface area contributed by atoms with Crippen LogP contribution in [-0.4, -0.2) is 23.8 Å². The van der Waals surface area contributed by atoms with Crippen molar-refractivity contribution in [1.82, 2.24) is 9.88 Å². The molecule has 0 saturated carbocycles. The fraction of sp³-hybridized carbons (Fsp3) is 0.320. The summed E-state index contributed by atoms with van der Waals surface area (Å²) in [5, 5.41) is 4.51. The predicted molar refractivity (Wildman–Crippen MR) is 118 cm³/mol. The van der Waals surface area contributed by atoms with Crippen molar-refractivity contribution >= 4 is 10.9 Å². The van der Waals surface area contributed by atoms with Crippen LogP contribution in [0.5, 0.6) is 11.5 Å². The summed E-state index contributed by atoms with van der Waals surface area (Å²) >= 11 is 0. The van der Waals surface area contributed by atoms with E-state index in [-0.39, 0.29) is 11.7 Å². The van der Waals surface area contributed by atoms with Crippen molar-refractivity contribution in [3.05, 3.63) is 82.2 Å². The van der Waals surface area contributed by atoms with Gasteiger partial charge in [-0.2, -0.15) is 0 Å². The first-order valence-corrected chi connectivity index (χ1v) is 10.6. The summed E-state index contributed by atoms with van der Waals surface area (Å²) in [7, 11) is 0. The van der Waals surface area contributed by atoms with E-state index >= 15 is 0 Å². The summed E-state index contributed by atoms with van der Waals surface area (Å²) < 4.78 is 13.6. The largest absolute Gasteiger partial charge is 0.486 e. The monoisotopic (exact) mass is 402 g/mol. The number of allylic oxidation sites excluding steroid dienone is 1. The predicted octanol–water partition coefficient (Wildman–Crippen LogP) is 3.61. The minimum atomic E-state index is -0.0842.